The number of hydrogen-bond donors (Lipinski definition) is 2. The molecule has 0 radical (unpaired) electrons. The summed E-state index contributed by atoms with van der Waals surface area (Å²) in [5, 5.41) is 9.72. The Kier molecular flexibility index (Phi) is 7.84. The lowest BCUT2D eigenvalue weighted by molar-refractivity contribution is -0.0971. The molecule has 0 unspecified atom stereocenters. The van der Waals surface area contributed by atoms with Crippen LogP contribution in [0.2, 0.25) is 0 Å². The van der Waals surface area contributed by atoms with Crippen LogP contribution in [0.4, 0.5) is 5.13 Å². The number of nitrogens with zero attached hydrogens (tertiary/aromatic N) is 3. The first kappa shape index (κ1) is 19.4. The highest BCUT2D eigenvalue weighted by Gasteiger charge is 2.33. The number of ether oxygens (including phenoxy) is 1. The van der Waals surface area contributed by atoms with E-state index in [-0.39, 0.29) is 29.4 Å². The van der Waals surface area contributed by atoms with Crippen LogP contribution in [0.5, 0.6) is 0 Å². The fourth-order valence-electron chi connectivity index (χ4n) is 1.93. The molecule has 1 fully saturated rings. The van der Waals surface area contributed by atoms with Crippen LogP contribution in [-0.4, -0.2) is 51.3 Å². The molecule has 1 aliphatic heterocycles. The van der Waals surface area contributed by atoms with Gasteiger partial charge in [0.2, 0.25) is 0 Å². The van der Waals surface area contributed by atoms with Gasteiger partial charge in [0.15, 0.2) is 11.1 Å². The van der Waals surface area contributed by atoms with Gasteiger partial charge >= 0.3 is 0 Å². The van der Waals surface area contributed by atoms with Gasteiger partial charge in [-0.25, -0.2) is 9.98 Å². The first-order valence-electron chi connectivity index (χ1n) is 7.24. The van der Waals surface area contributed by atoms with Gasteiger partial charge in [-0.15, -0.1) is 35.3 Å². The van der Waals surface area contributed by atoms with Crippen LogP contribution in [0.1, 0.15) is 19.5 Å². The number of nitrogens with one attached hydrogen (secondary N) is 2. The number of anilines is 1. The van der Waals surface area contributed by atoms with E-state index in [4.69, 9.17) is 4.74 Å². The topological polar surface area (TPSA) is 61.8 Å². The monoisotopic (exact) mass is 439 g/mol. The highest BCUT2D eigenvalue weighted by molar-refractivity contribution is 14.0. The number of aliphatic imine (C=N–C) groups is 1. The quantitative estimate of drug-likeness (QED) is 0.403. The fraction of sp³-hybridized carbons (Fsp3) is 0.714. The van der Waals surface area contributed by atoms with Crippen molar-refractivity contribution in [1.82, 2.24) is 15.6 Å². The van der Waals surface area contributed by atoms with Crippen LogP contribution in [0.3, 0.4) is 0 Å². The summed E-state index contributed by atoms with van der Waals surface area (Å²) in [4.78, 5) is 11.1. The van der Waals surface area contributed by atoms with Crippen molar-refractivity contribution in [3.05, 3.63) is 11.1 Å². The lowest BCUT2D eigenvalue weighted by Crippen LogP contribution is -2.51. The third-order valence-corrected chi connectivity index (χ3v) is 4.31. The van der Waals surface area contributed by atoms with Crippen molar-refractivity contribution >= 4 is 46.4 Å². The predicted molar refractivity (Wildman–Crippen MR) is 104 cm³/mol. The Balaban J connectivity index is 0.00000242. The molecule has 1 aromatic rings. The van der Waals surface area contributed by atoms with E-state index < -0.39 is 0 Å². The fourth-order valence-corrected chi connectivity index (χ4v) is 2.68. The summed E-state index contributed by atoms with van der Waals surface area (Å²) < 4.78 is 5.27. The molecular weight excluding hydrogens is 413 g/mol. The van der Waals surface area contributed by atoms with Gasteiger partial charge in [-0.1, -0.05) is 6.92 Å². The van der Waals surface area contributed by atoms with Gasteiger partial charge in [-0.05, 0) is 6.92 Å². The number of rotatable bonds is 6. The molecule has 126 valence electrons. The maximum atomic E-state index is 5.27. The second kappa shape index (κ2) is 8.88. The summed E-state index contributed by atoms with van der Waals surface area (Å²) in [6, 6.07) is 0. The van der Waals surface area contributed by atoms with Crippen LogP contribution in [-0.2, 0) is 11.3 Å². The molecule has 1 saturated heterocycles. The third kappa shape index (κ3) is 5.54. The first-order chi connectivity index (χ1) is 10.0. The Morgan fingerprint density at radius 1 is 1.45 bits per heavy atom. The van der Waals surface area contributed by atoms with E-state index in [1.165, 1.54) is 0 Å². The van der Waals surface area contributed by atoms with E-state index >= 15 is 0 Å². The van der Waals surface area contributed by atoms with Crippen molar-refractivity contribution in [1.29, 1.82) is 0 Å². The number of aromatic nitrogens is 1. The van der Waals surface area contributed by atoms with Crippen molar-refractivity contribution in [3.8, 4) is 0 Å². The molecule has 0 aromatic carbocycles. The number of guanidine groups is 1. The molecule has 0 saturated carbocycles. The number of halogens is 1. The SMILES string of the molecule is CCNC(=NCc1csc(N(C)C)n1)NCC1(C)COC1.I. The van der Waals surface area contributed by atoms with E-state index in [0.717, 1.165) is 43.1 Å². The van der Waals surface area contributed by atoms with E-state index in [1.807, 2.05) is 19.0 Å². The molecule has 0 bridgehead atoms. The molecule has 0 amide bonds. The van der Waals surface area contributed by atoms with Crippen molar-refractivity contribution in [3.63, 3.8) is 0 Å². The molecule has 0 spiro atoms. The highest BCUT2D eigenvalue weighted by Crippen LogP contribution is 2.25. The number of thiazole rings is 1. The summed E-state index contributed by atoms with van der Waals surface area (Å²) in [5.74, 6) is 0.838. The third-order valence-electron chi connectivity index (χ3n) is 3.25. The Labute approximate surface area is 153 Å². The first-order valence-corrected chi connectivity index (χ1v) is 8.12. The Bertz CT molecular complexity index is 487. The molecule has 6 nitrogen and oxygen atoms in total. The summed E-state index contributed by atoms with van der Waals surface area (Å²) in [6.07, 6.45) is 0. The molecule has 0 atom stereocenters. The highest BCUT2D eigenvalue weighted by atomic mass is 127. The summed E-state index contributed by atoms with van der Waals surface area (Å²) in [5.41, 5.74) is 1.23. The van der Waals surface area contributed by atoms with E-state index in [9.17, 15) is 0 Å². The Morgan fingerprint density at radius 3 is 2.68 bits per heavy atom. The molecule has 1 aliphatic rings. The minimum absolute atomic E-state index is 0. The van der Waals surface area contributed by atoms with Crippen LogP contribution in [0.25, 0.3) is 0 Å². The maximum absolute atomic E-state index is 5.27. The molecular formula is C14H26IN5OS. The van der Waals surface area contributed by atoms with Crippen LogP contribution in [0, 0.1) is 5.41 Å². The van der Waals surface area contributed by atoms with Crippen molar-refractivity contribution in [2.75, 3.05) is 45.3 Å². The molecule has 0 aliphatic carbocycles. The molecule has 2 N–H and O–H groups in total. The van der Waals surface area contributed by atoms with Gasteiger partial charge in [0.1, 0.15) is 0 Å². The zero-order valence-electron chi connectivity index (χ0n) is 13.7. The average molecular weight is 439 g/mol. The normalized spacial score (nSPS) is 16.5. The molecule has 22 heavy (non-hydrogen) atoms. The van der Waals surface area contributed by atoms with Crippen LogP contribution < -0.4 is 15.5 Å². The zero-order valence-corrected chi connectivity index (χ0v) is 16.8. The minimum Gasteiger partial charge on any atom is -0.380 e. The van der Waals surface area contributed by atoms with Crippen molar-refractivity contribution in [2.24, 2.45) is 10.4 Å². The largest absolute Gasteiger partial charge is 0.380 e. The lowest BCUT2D eigenvalue weighted by Gasteiger charge is -2.38. The zero-order chi connectivity index (χ0) is 15.3. The number of hydrogen-bond acceptors (Lipinski definition) is 5. The van der Waals surface area contributed by atoms with Gasteiger partial charge in [0.05, 0.1) is 25.5 Å². The molecule has 1 aromatic heterocycles. The second-order valence-electron chi connectivity index (χ2n) is 5.87. The van der Waals surface area contributed by atoms with Gasteiger partial charge in [0.25, 0.3) is 0 Å². The maximum Gasteiger partial charge on any atom is 0.191 e. The second-order valence-corrected chi connectivity index (χ2v) is 6.70. The summed E-state index contributed by atoms with van der Waals surface area (Å²) in [6.45, 7) is 8.23. The van der Waals surface area contributed by atoms with Crippen molar-refractivity contribution in [2.45, 2.75) is 20.4 Å². The van der Waals surface area contributed by atoms with Crippen LogP contribution >= 0.6 is 35.3 Å². The van der Waals surface area contributed by atoms with Crippen molar-refractivity contribution < 1.29 is 4.74 Å². The summed E-state index contributed by atoms with van der Waals surface area (Å²) in [7, 11) is 4.00. The van der Waals surface area contributed by atoms with Gasteiger partial charge in [-0.3, -0.25) is 0 Å². The summed E-state index contributed by atoms with van der Waals surface area (Å²) >= 11 is 1.64. The van der Waals surface area contributed by atoms with Gasteiger partial charge in [0, 0.05) is 38.0 Å². The Hall–Kier alpha value is -0.610. The molecule has 2 rings (SSSR count). The van der Waals surface area contributed by atoms with Gasteiger partial charge in [-0.2, -0.15) is 0 Å². The standard InChI is InChI=1S/C14H25N5OS.HI/c1-5-15-12(17-8-14(2)9-20-10-14)16-6-11-7-21-13(18-11)19(3)4;/h7H,5-6,8-10H2,1-4H3,(H2,15,16,17);1H. The van der Waals surface area contributed by atoms with Gasteiger partial charge < -0.3 is 20.3 Å². The lowest BCUT2D eigenvalue weighted by atomic mass is 9.89. The Morgan fingerprint density at radius 2 is 2.18 bits per heavy atom. The van der Waals surface area contributed by atoms with E-state index in [1.54, 1.807) is 11.3 Å². The molecule has 8 heteroatoms. The molecule has 2 heterocycles. The minimum atomic E-state index is 0. The van der Waals surface area contributed by atoms with E-state index in [2.05, 4.69) is 39.8 Å². The average Bonchev–Trinajstić information content (AvgIpc) is 2.89. The smallest absolute Gasteiger partial charge is 0.191 e. The van der Waals surface area contributed by atoms with Crippen LogP contribution in [0.15, 0.2) is 10.4 Å². The predicted octanol–water partition coefficient (Wildman–Crippen LogP) is 1.92. The van der Waals surface area contributed by atoms with E-state index in [0.29, 0.717) is 6.54 Å².